The molecule has 0 bridgehead atoms. The number of esters is 1. The van der Waals surface area contributed by atoms with E-state index in [1.54, 1.807) is 48.8 Å². The fraction of sp³-hybridized carbons (Fsp3) is 0.286. The Morgan fingerprint density at radius 2 is 1.60 bits per heavy atom. The van der Waals surface area contributed by atoms with Crippen molar-refractivity contribution in [2.75, 3.05) is 0 Å². The Kier molecular flexibility index (Phi) is 7.08. The van der Waals surface area contributed by atoms with E-state index in [4.69, 9.17) is 4.74 Å². The number of unbranched alkanes of at least 4 members (excludes halogenated alkanes) is 3. The second kappa shape index (κ2) is 9.52. The zero-order valence-electron chi connectivity index (χ0n) is 14.3. The summed E-state index contributed by atoms with van der Waals surface area (Å²) in [6.45, 7) is 2.11. The highest BCUT2D eigenvalue weighted by atomic mass is 16.5. The average Bonchev–Trinajstić information content (AvgIpc) is 2.65. The molecular formula is C21H21O4. The van der Waals surface area contributed by atoms with Gasteiger partial charge in [-0.2, -0.15) is 0 Å². The lowest BCUT2D eigenvalue weighted by atomic mass is 9.98. The Morgan fingerprint density at radius 1 is 0.920 bits per heavy atom. The third-order valence-corrected chi connectivity index (χ3v) is 3.87. The van der Waals surface area contributed by atoms with Gasteiger partial charge >= 0.3 is 5.97 Å². The topological polar surface area (TPSA) is 60.4 Å². The molecule has 0 aliphatic carbocycles. The minimum atomic E-state index is -0.367. The zero-order chi connectivity index (χ0) is 18.1. The standard InChI is InChI=1S/C21H21O4/c1-2-3-4-5-14-20(23)25-19-13-9-8-12-18(19)21(24)17-11-7-6-10-16(17)15-22/h6-13H,2-5,14H2,1H3. The molecule has 129 valence electrons. The maximum Gasteiger partial charge on any atom is 0.311 e. The van der Waals surface area contributed by atoms with Crippen LogP contribution in [0.1, 0.15) is 60.5 Å². The van der Waals surface area contributed by atoms with E-state index in [2.05, 4.69) is 6.92 Å². The van der Waals surface area contributed by atoms with Gasteiger partial charge in [-0.05, 0) is 18.6 Å². The molecule has 25 heavy (non-hydrogen) atoms. The first-order valence-electron chi connectivity index (χ1n) is 8.49. The molecule has 0 aliphatic heterocycles. The molecule has 0 fully saturated rings. The van der Waals surface area contributed by atoms with Gasteiger partial charge < -0.3 is 4.74 Å². The van der Waals surface area contributed by atoms with Crippen molar-refractivity contribution in [3.05, 3.63) is 65.2 Å². The van der Waals surface area contributed by atoms with Crippen LogP contribution >= 0.6 is 0 Å². The summed E-state index contributed by atoms with van der Waals surface area (Å²) in [5.74, 6) is -0.506. The van der Waals surface area contributed by atoms with Crippen LogP contribution in [0.2, 0.25) is 0 Å². The Balaban J connectivity index is 2.16. The van der Waals surface area contributed by atoms with E-state index in [1.807, 2.05) is 0 Å². The molecule has 0 N–H and O–H groups in total. The van der Waals surface area contributed by atoms with Gasteiger partial charge in [0.15, 0.2) is 5.78 Å². The monoisotopic (exact) mass is 337 g/mol. The fourth-order valence-corrected chi connectivity index (χ4v) is 2.53. The fourth-order valence-electron chi connectivity index (χ4n) is 2.53. The number of hydrogen-bond donors (Lipinski definition) is 0. The second-order valence-electron chi connectivity index (χ2n) is 5.76. The molecular weight excluding hydrogens is 316 g/mol. The van der Waals surface area contributed by atoms with Gasteiger partial charge in [-0.3, -0.25) is 14.4 Å². The van der Waals surface area contributed by atoms with Gasteiger partial charge in [0.1, 0.15) is 5.75 Å². The van der Waals surface area contributed by atoms with Crippen LogP contribution < -0.4 is 4.74 Å². The van der Waals surface area contributed by atoms with Crippen molar-refractivity contribution < 1.29 is 19.1 Å². The highest BCUT2D eigenvalue weighted by molar-refractivity contribution is 6.14. The highest BCUT2D eigenvalue weighted by Crippen LogP contribution is 2.23. The maximum absolute atomic E-state index is 12.8. The molecule has 0 saturated carbocycles. The quantitative estimate of drug-likeness (QED) is 0.297. The molecule has 0 aromatic heterocycles. The van der Waals surface area contributed by atoms with Crippen LogP contribution in [0.25, 0.3) is 0 Å². The van der Waals surface area contributed by atoms with Crippen molar-refractivity contribution in [3.8, 4) is 5.75 Å². The van der Waals surface area contributed by atoms with Crippen molar-refractivity contribution in [3.63, 3.8) is 0 Å². The van der Waals surface area contributed by atoms with E-state index in [0.717, 1.165) is 25.7 Å². The second-order valence-corrected chi connectivity index (χ2v) is 5.76. The van der Waals surface area contributed by atoms with Gasteiger partial charge in [-0.15, -0.1) is 0 Å². The summed E-state index contributed by atoms with van der Waals surface area (Å²) in [4.78, 5) is 35.8. The zero-order valence-corrected chi connectivity index (χ0v) is 14.3. The number of carbonyl (C=O) groups excluding carboxylic acids is 3. The third kappa shape index (κ3) is 5.11. The molecule has 2 rings (SSSR count). The van der Waals surface area contributed by atoms with Gasteiger partial charge in [-0.25, -0.2) is 0 Å². The first-order valence-corrected chi connectivity index (χ1v) is 8.49. The molecule has 0 atom stereocenters. The van der Waals surface area contributed by atoms with Crippen molar-refractivity contribution in [1.82, 2.24) is 0 Å². The summed E-state index contributed by atoms with van der Waals surface area (Å²) < 4.78 is 5.38. The summed E-state index contributed by atoms with van der Waals surface area (Å²) in [6, 6.07) is 13.0. The molecule has 2 aromatic carbocycles. The molecule has 0 amide bonds. The number of rotatable bonds is 9. The van der Waals surface area contributed by atoms with E-state index in [0.29, 0.717) is 6.42 Å². The first kappa shape index (κ1) is 18.6. The van der Waals surface area contributed by atoms with Crippen molar-refractivity contribution in [2.24, 2.45) is 0 Å². The Hall–Kier alpha value is -2.75. The minimum absolute atomic E-state index is 0.188. The lowest BCUT2D eigenvalue weighted by Gasteiger charge is -2.10. The lowest BCUT2D eigenvalue weighted by molar-refractivity contribution is -0.134. The van der Waals surface area contributed by atoms with Crippen LogP contribution in [0.15, 0.2) is 48.5 Å². The van der Waals surface area contributed by atoms with Crippen molar-refractivity contribution in [2.45, 2.75) is 39.0 Å². The van der Waals surface area contributed by atoms with Crippen LogP contribution in [-0.2, 0) is 9.59 Å². The Labute approximate surface area is 147 Å². The third-order valence-electron chi connectivity index (χ3n) is 3.87. The van der Waals surface area contributed by atoms with Crippen LogP contribution in [0.3, 0.4) is 0 Å². The molecule has 0 saturated heterocycles. The minimum Gasteiger partial charge on any atom is -0.426 e. The molecule has 0 unspecified atom stereocenters. The largest absolute Gasteiger partial charge is 0.426 e. The average molecular weight is 337 g/mol. The number of benzene rings is 2. The van der Waals surface area contributed by atoms with Gasteiger partial charge in [0.25, 0.3) is 0 Å². The molecule has 4 heteroatoms. The number of hydrogen-bond acceptors (Lipinski definition) is 4. The molecule has 0 spiro atoms. The van der Waals surface area contributed by atoms with E-state index in [9.17, 15) is 14.4 Å². The van der Waals surface area contributed by atoms with Crippen molar-refractivity contribution in [1.29, 1.82) is 0 Å². The van der Waals surface area contributed by atoms with E-state index < -0.39 is 0 Å². The van der Waals surface area contributed by atoms with E-state index in [-0.39, 0.29) is 34.2 Å². The number of para-hydroxylation sites is 1. The summed E-state index contributed by atoms with van der Waals surface area (Å²) >= 11 is 0. The van der Waals surface area contributed by atoms with Gasteiger partial charge in [0.2, 0.25) is 6.29 Å². The van der Waals surface area contributed by atoms with E-state index >= 15 is 0 Å². The number of carbonyl (C=O) groups is 2. The molecule has 0 heterocycles. The van der Waals surface area contributed by atoms with Crippen LogP contribution in [0, 0.1) is 0 Å². The Morgan fingerprint density at radius 3 is 2.32 bits per heavy atom. The molecule has 4 nitrogen and oxygen atoms in total. The SMILES string of the molecule is CCCCCCC(=O)Oc1ccccc1C(=O)c1ccccc1[C]=O. The van der Waals surface area contributed by atoms with Crippen molar-refractivity contribution >= 4 is 18.0 Å². The van der Waals surface area contributed by atoms with Gasteiger partial charge in [0.05, 0.1) is 5.56 Å². The lowest BCUT2D eigenvalue weighted by Crippen LogP contribution is -2.12. The highest BCUT2D eigenvalue weighted by Gasteiger charge is 2.19. The maximum atomic E-state index is 12.8. The Bertz CT molecular complexity index is 749. The summed E-state index contributed by atoms with van der Waals surface area (Å²) in [6.07, 6.45) is 6.02. The van der Waals surface area contributed by atoms with Gasteiger partial charge in [-0.1, -0.05) is 62.6 Å². The van der Waals surface area contributed by atoms with Crippen LogP contribution in [0.4, 0.5) is 0 Å². The predicted molar refractivity (Wildman–Crippen MR) is 95.5 cm³/mol. The van der Waals surface area contributed by atoms with Crippen LogP contribution in [-0.4, -0.2) is 18.0 Å². The predicted octanol–water partition coefficient (Wildman–Crippen LogP) is 4.25. The summed E-state index contributed by atoms with van der Waals surface area (Å²) in [5.41, 5.74) is 0.684. The smallest absolute Gasteiger partial charge is 0.311 e. The van der Waals surface area contributed by atoms with E-state index in [1.165, 1.54) is 6.07 Å². The molecule has 2 aromatic rings. The summed E-state index contributed by atoms with van der Waals surface area (Å²) in [5, 5.41) is 0. The first-order chi connectivity index (χ1) is 12.2. The molecule has 1 radical (unpaired) electrons. The van der Waals surface area contributed by atoms with Gasteiger partial charge in [0, 0.05) is 17.5 Å². The number of ether oxygens (including phenoxy) is 1. The van der Waals surface area contributed by atoms with Crippen LogP contribution in [0.5, 0.6) is 5.75 Å². The number of ketones is 1. The molecule has 0 aliphatic rings. The normalized spacial score (nSPS) is 10.3. The summed E-state index contributed by atoms with van der Waals surface area (Å²) in [7, 11) is 0.